The van der Waals surface area contributed by atoms with Crippen LogP contribution in [0.15, 0.2) is 85.1 Å². The third kappa shape index (κ3) is 32.3. The zero-order valence-electron chi connectivity index (χ0n) is 47.0. The zero-order chi connectivity index (χ0) is 55.3. The van der Waals surface area contributed by atoms with Crippen molar-refractivity contribution < 1.29 is 64.6 Å². The van der Waals surface area contributed by atoms with Gasteiger partial charge in [-0.25, -0.2) is 0 Å². The molecule has 0 radical (unpaired) electrons. The molecule has 2 saturated heterocycles. The molecule has 0 aromatic carbocycles. The van der Waals surface area contributed by atoms with Gasteiger partial charge in [-0.1, -0.05) is 214 Å². The SMILES string of the molecule is CC/C=C\C/C=C\C/C=C\C/C=C\C/C=C\CCCCCCCCCCCCCCCCCCCCCC(=O)NC(COC1OC(CO)C(OC2OC(CO)C(O)C(O)C2O)C(O)C1O)C(O)/C=C/CC/C=C/CCC. The standard InChI is InChI=1S/C62H107NO13/c1-3-5-7-9-11-12-13-14-15-16-17-18-19-20-21-22-23-24-25-26-27-28-29-30-31-32-33-34-35-36-37-38-40-42-44-46-54(67)63-50(51(66)45-43-41-39-10-8-6-4-2)49-73-61-59(72)57(70)60(53(48-65)75-61)76-62-58(71)56(69)55(68)52(47-64)74-62/h5,7-8,10-12,14-15,17-18,20-21,43,45,50-53,55-62,64-66,68-72H,3-4,6,9,13,16,19,22-42,44,46-49H2,1-2H3,(H,63,67)/b7-5-,10-8+,12-11-,15-14-,18-17-,21-20-,45-43+. The number of unbranched alkanes of at least 4 members (excludes halogenated alkanes) is 21. The van der Waals surface area contributed by atoms with E-state index in [-0.39, 0.29) is 18.9 Å². The Morgan fingerprint density at radius 1 is 0.487 bits per heavy atom. The lowest BCUT2D eigenvalue weighted by Gasteiger charge is -2.46. The van der Waals surface area contributed by atoms with Crippen LogP contribution in [0.2, 0.25) is 0 Å². The molecule has 12 atom stereocenters. The lowest BCUT2D eigenvalue weighted by atomic mass is 9.97. The summed E-state index contributed by atoms with van der Waals surface area (Å²) in [6.07, 6.45) is 47.0. The summed E-state index contributed by atoms with van der Waals surface area (Å²) in [4.78, 5) is 13.2. The minimum absolute atomic E-state index is 0.255. The van der Waals surface area contributed by atoms with Crippen molar-refractivity contribution >= 4 is 5.91 Å². The average Bonchev–Trinajstić information content (AvgIpc) is 3.42. The van der Waals surface area contributed by atoms with Crippen molar-refractivity contribution in [2.75, 3.05) is 19.8 Å². The highest BCUT2D eigenvalue weighted by atomic mass is 16.7. The maximum Gasteiger partial charge on any atom is 0.220 e. The number of carbonyl (C=O) groups is 1. The molecular formula is C62H107NO13. The molecule has 14 heteroatoms. The van der Waals surface area contributed by atoms with Crippen molar-refractivity contribution in [1.29, 1.82) is 0 Å². The molecule has 0 spiro atoms. The van der Waals surface area contributed by atoms with Gasteiger partial charge in [0.05, 0.1) is 32.0 Å². The highest BCUT2D eigenvalue weighted by Gasteiger charge is 2.51. The Labute approximate surface area is 459 Å². The van der Waals surface area contributed by atoms with E-state index in [2.05, 4.69) is 92.1 Å². The summed E-state index contributed by atoms with van der Waals surface area (Å²) in [5.41, 5.74) is 0. The largest absolute Gasteiger partial charge is 0.394 e. The number of aliphatic hydroxyl groups excluding tert-OH is 8. The zero-order valence-corrected chi connectivity index (χ0v) is 47.0. The molecule has 14 nitrogen and oxygen atoms in total. The number of carbonyl (C=O) groups excluding carboxylic acids is 1. The Morgan fingerprint density at radius 3 is 1.43 bits per heavy atom. The average molecular weight is 1070 g/mol. The van der Waals surface area contributed by atoms with Gasteiger partial charge in [-0.05, 0) is 70.6 Å². The number of aliphatic hydroxyl groups is 8. The molecule has 2 heterocycles. The first-order chi connectivity index (χ1) is 37.1. The third-order valence-corrected chi connectivity index (χ3v) is 14.0. The van der Waals surface area contributed by atoms with Crippen molar-refractivity contribution in [2.24, 2.45) is 0 Å². The van der Waals surface area contributed by atoms with Gasteiger partial charge in [0.1, 0.15) is 48.8 Å². The van der Waals surface area contributed by atoms with Crippen LogP contribution in [-0.2, 0) is 23.7 Å². The predicted octanol–water partition coefficient (Wildman–Crippen LogP) is 10.1. The second kappa shape index (κ2) is 47.0. The molecule has 2 aliphatic heterocycles. The van der Waals surface area contributed by atoms with Crippen LogP contribution in [0.25, 0.3) is 0 Å². The molecule has 0 bridgehead atoms. The number of rotatable bonds is 46. The summed E-state index contributed by atoms with van der Waals surface area (Å²) < 4.78 is 22.6. The Morgan fingerprint density at radius 2 is 0.921 bits per heavy atom. The molecule has 2 rings (SSSR count). The summed E-state index contributed by atoms with van der Waals surface area (Å²) in [5.74, 6) is -0.255. The van der Waals surface area contributed by atoms with Crippen molar-refractivity contribution in [1.82, 2.24) is 5.32 Å². The fourth-order valence-electron chi connectivity index (χ4n) is 9.28. The maximum absolute atomic E-state index is 13.2. The Hall–Kier alpha value is -2.83. The van der Waals surface area contributed by atoms with Crippen molar-refractivity contribution in [3.63, 3.8) is 0 Å². The van der Waals surface area contributed by atoms with E-state index in [0.29, 0.717) is 12.8 Å². The molecule has 2 aliphatic rings. The van der Waals surface area contributed by atoms with Crippen LogP contribution in [0.4, 0.5) is 0 Å². The molecule has 12 unspecified atom stereocenters. The molecule has 1 amide bonds. The second-order valence-corrected chi connectivity index (χ2v) is 20.7. The molecular weight excluding hydrogens is 967 g/mol. The van der Waals surface area contributed by atoms with E-state index in [4.69, 9.17) is 18.9 Å². The number of nitrogens with one attached hydrogen (secondary N) is 1. The number of hydrogen-bond donors (Lipinski definition) is 9. The third-order valence-electron chi connectivity index (χ3n) is 14.0. The second-order valence-electron chi connectivity index (χ2n) is 20.7. The minimum atomic E-state index is -1.79. The van der Waals surface area contributed by atoms with Crippen molar-refractivity contribution in [3.05, 3.63) is 85.1 Å². The molecule has 0 aliphatic carbocycles. The fraction of sp³-hybridized carbons (Fsp3) is 0.758. The molecule has 0 aromatic rings. The quantitative estimate of drug-likeness (QED) is 0.0205. The smallest absolute Gasteiger partial charge is 0.220 e. The highest BCUT2D eigenvalue weighted by Crippen LogP contribution is 2.30. The Balaban J connectivity index is 1.56. The first kappa shape index (κ1) is 69.3. The summed E-state index contributed by atoms with van der Waals surface area (Å²) in [5, 5.41) is 86.5. The Bertz CT molecular complexity index is 1600. The number of ether oxygens (including phenoxy) is 4. The molecule has 0 saturated carbocycles. The topological polar surface area (TPSA) is 228 Å². The van der Waals surface area contributed by atoms with Gasteiger partial charge in [0.15, 0.2) is 12.6 Å². The number of hydrogen-bond acceptors (Lipinski definition) is 13. The first-order valence-electron chi connectivity index (χ1n) is 29.8. The molecule has 438 valence electrons. The number of amides is 1. The lowest BCUT2D eigenvalue weighted by molar-refractivity contribution is -0.359. The van der Waals surface area contributed by atoms with Gasteiger partial charge < -0.3 is 65.1 Å². The first-order valence-corrected chi connectivity index (χ1v) is 29.8. The Kier molecular flexibility index (Phi) is 42.9. The minimum Gasteiger partial charge on any atom is -0.394 e. The van der Waals surface area contributed by atoms with Crippen LogP contribution in [-0.4, -0.2) is 140 Å². The van der Waals surface area contributed by atoms with Crippen LogP contribution >= 0.6 is 0 Å². The molecule has 9 N–H and O–H groups in total. The summed E-state index contributed by atoms with van der Waals surface area (Å²) in [7, 11) is 0. The van der Waals surface area contributed by atoms with E-state index < -0.39 is 86.8 Å². The van der Waals surface area contributed by atoms with Gasteiger partial charge >= 0.3 is 0 Å². The van der Waals surface area contributed by atoms with Gasteiger partial charge in [0.25, 0.3) is 0 Å². The van der Waals surface area contributed by atoms with E-state index in [1.54, 1.807) is 6.08 Å². The van der Waals surface area contributed by atoms with Gasteiger partial charge in [0.2, 0.25) is 5.91 Å². The van der Waals surface area contributed by atoms with Crippen LogP contribution < -0.4 is 5.32 Å². The fourth-order valence-corrected chi connectivity index (χ4v) is 9.28. The van der Waals surface area contributed by atoms with E-state index in [1.807, 2.05) is 6.08 Å². The highest BCUT2D eigenvalue weighted by molar-refractivity contribution is 5.76. The van der Waals surface area contributed by atoms with Gasteiger partial charge in [0, 0.05) is 6.42 Å². The van der Waals surface area contributed by atoms with E-state index >= 15 is 0 Å². The lowest BCUT2D eigenvalue weighted by Crippen LogP contribution is -2.65. The van der Waals surface area contributed by atoms with Crippen molar-refractivity contribution in [3.8, 4) is 0 Å². The van der Waals surface area contributed by atoms with Crippen LogP contribution in [0.5, 0.6) is 0 Å². The predicted molar refractivity (Wildman–Crippen MR) is 304 cm³/mol. The summed E-state index contributed by atoms with van der Waals surface area (Å²) in [6.45, 7) is 2.53. The summed E-state index contributed by atoms with van der Waals surface area (Å²) >= 11 is 0. The van der Waals surface area contributed by atoms with Crippen LogP contribution in [0, 0.1) is 0 Å². The monoisotopic (exact) mass is 1070 g/mol. The normalized spacial score (nSPS) is 25.5. The van der Waals surface area contributed by atoms with Gasteiger partial charge in [-0.15, -0.1) is 0 Å². The van der Waals surface area contributed by atoms with Crippen LogP contribution in [0.1, 0.15) is 206 Å². The molecule has 76 heavy (non-hydrogen) atoms. The van der Waals surface area contributed by atoms with Gasteiger partial charge in [-0.2, -0.15) is 0 Å². The van der Waals surface area contributed by atoms with E-state index in [9.17, 15) is 45.6 Å². The van der Waals surface area contributed by atoms with E-state index in [0.717, 1.165) is 70.6 Å². The van der Waals surface area contributed by atoms with Crippen molar-refractivity contribution in [2.45, 2.75) is 280 Å². The van der Waals surface area contributed by atoms with Crippen LogP contribution in [0.3, 0.4) is 0 Å². The van der Waals surface area contributed by atoms with Gasteiger partial charge in [-0.3, -0.25) is 4.79 Å². The molecule has 0 aromatic heterocycles. The van der Waals surface area contributed by atoms with E-state index in [1.165, 1.54) is 103 Å². The number of allylic oxidation sites excluding steroid dienone is 13. The summed E-state index contributed by atoms with van der Waals surface area (Å²) in [6, 6.07) is -0.930. The maximum atomic E-state index is 13.2. The molecule has 2 fully saturated rings.